The van der Waals surface area contributed by atoms with Crippen LogP contribution in [0.25, 0.3) is 0 Å². The smallest absolute Gasteiger partial charge is 0.261 e. The molecule has 3 N–H and O–H groups in total. The summed E-state index contributed by atoms with van der Waals surface area (Å²) in [7, 11) is -3.84. The molecule has 0 aliphatic carbocycles. The monoisotopic (exact) mass is 294 g/mol. The van der Waals surface area contributed by atoms with Gasteiger partial charge in [0.2, 0.25) is 0 Å². The van der Waals surface area contributed by atoms with E-state index in [0.717, 1.165) is 17.2 Å². The Labute approximate surface area is 117 Å². The van der Waals surface area contributed by atoms with E-state index in [1.807, 2.05) is 13.8 Å². The molecule has 0 unspecified atom stereocenters. The molecule has 0 aromatic heterocycles. The van der Waals surface area contributed by atoms with Crippen molar-refractivity contribution in [2.75, 3.05) is 10.5 Å². The first-order chi connectivity index (χ1) is 9.29. The number of nitrogen functional groups attached to an aromatic ring is 1. The van der Waals surface area contributed by atoms with Crippen LogP contribution in [-0.2, 0) is 10.0 Å². The van der Waals surface area contributed by atoms with Gasteiger partial charge in [0.15, 0.2) is 0 Å². The molecule has 0 heterocycles. The summed E-state index contributed by atoms with van der Waals surface area (Å²) >= 11 is 0. The van der Waals surface area contributed by atoms with Crippen molar-refractivity contribution in [2.45, 2.75) is 18.7 Å². The number of sulfonamides is 1. The Balaban J connectivity index is 2.40. The number of nitrogens with two attached hydrogens (primary N) is 1. The lowest BCUT2D eigenvalue weighted by Crippen LogP contribution is -2.14. The topological polar surface area (TPSA) is 72.2 Å². The van der Waals surface area contributed by atoms with Gasteiger partial charge in [0.1, 0.15) is 5.82 Å². The molecular weight excluding hydrogens is 279 g/mol. The summed E-state index contributed by atoms with van der Waals surface area (Å²) in [6.07, 6.45) is 0. The first kappa shape index (κ1) is 14.3. The van der Waals surface area contributed by atoms with Crippen molar-refractivity contribution < 1.29 is 12.8 Å². The molecule has 106 valence electrons. The molecule has 0 saturated carbocycles. The molecular formula is C14H15FN2O2S. The van der Waals surface area contributed by atoms with Crippen LogP contribution < -0.4 is 10.5 Å². The van der Waals surface area contributed by atoms with E-state index in [0.29, 0.717) is 0 Å². The van der Waals surface area contributed by atoms with Gasteiger partial charge >= 0.3 is 0 Å². The van der Waals surface area contributed by atoms with Gasteiger partial charge in [-0.15, -0.1) is 0 Å². The Morgan fingerprint density at radius 1 is 1.05 bits per heavy atom. The van der Waals surface area contributed by atoms with E-state index in [1.54, 1.807) is 12.1 Å². The first-order valence-electron chi connectivity index (χ1n) is 5.95. The molecule has 0 spiro atoms. The minimum Gasteiger partial charge on any atom is -0.399 e. The zero-order chi connectivity index (χ0) is 14.9. The minimum atomic E-state index is -3.84. The largest absolute Gasteiger partial charge is 0.399 e. The van der Waals surface area contributed by atoms with E-state index in [1.165, 1.54) is 18.2 Å². The quantitative estimate of drug-likeness (QED) is 0.855. The van der Waals surface area contributed by atoms with E-state index in [4.69, 9.17) is 5.73 Å². The normalized spacial score (nSPS) is 11.3. The van der Waals surface area contributed by atoms with E-state index in [9.17, 15) is 12.8 Å². The molecule has 2 rings (SSSR count). The highest BCUT2D eigenvalue weighted by Gasteiger charge is 2.17. The van der Waals surface area contributed by atoms with Crippen molar-refractivity contribution in [2.24, 2.45) is 0 Å². The Morgan fingerprint density at radius 2 is 1.75 bits per heavy atom. The summed E-state index contributed by atoms with van der Waals surface area (Å²) in [5.41, 5.74) is 7.48. The predicted octanol–water partition coefficient (Wildman–Crippen LogP) is 2.83. The van der Waals surface area contributed by atoms with Gasteiger partial charge in [-0.2, -0.15) is 0 Å². The molecule has 0 atom stereocenters. The lowest BCUT2D eigenvalue weighted by Gasteiger charge is -2.11. The average molecular weight is 294 g/mol. The summed E-state index contributed by atoms with van der Waals surface area (Å²) in [6.45, 7) is 3.70. The van der Waals surface area contributed by atoms with E-state index in [2.05, 4.69) is 4.72 Å². The fourth-order valence-corrected chi connectivity index (χ4v) is 2.85. The summed E-state index contributed by atoms with van der Waals surface area (Å²) in [4.78, 5) is 0.0856. The van der Waals surface area contributed by atoms with E-state index < -0.39 is 15.8 Å². The number of rotatable bonds is 3. The lowest BCUT2D eigenvalue weighted by atomic mass is 10.1. The molecule has 0 radical (unpaired) electrons. The second-order valence-electron chi connectivity index (χ2n) is 4.59. The Kier molecular flexibility index (Phi) is 3.67. The third-order valence-electron chi connectivity index (χ3n) is 3.02. The van der Waals surface area contributed by atoms with Crippen molar-refractivity contribution in [1.82, 2.24) is 0 Å². The highest BCUT2D eigenvalue weighted by molar-refractivity contribution is 7.92. The van der Waals surface area contributed by atoms with Gasteiger partial charge in [-0.05, 0) is 55.3 Å². The summed E-state index contributed by atoms with van der Waals surface area (Å²) in [5, 5.41) is 0. The van der Waals surface area contributed by atoms with Crippen LogP contribution in [0, 0.1) is 19.7 Å². The average Bonchev–Trinajstić information content (AvgIpc) is 2.36. The first-order valence-corrected chi connectivity index (χ1v) is 7.43. The Bertz CT molecular complexity index is 758. The van der Waals surface area contributed by atoms with Crippen LogP contribution >= 0.6 is 0 Å². The lowest BCUT2D eigenvalue weighted by molar-refractivity contribution is 0.598. The van der Waals surface area contributed by atoms with Crippen molar-refractivity contribution in [1.29, 1.82) is 0 Å². The number of halogens is 1. The van der Waals surface area contributed by atoms with Crippen LogP contribution in [0.15, 0.2) is 41.3 Å². The molecule has 6 heteroatoms. The highest BCUT2D eigenvalue weighted by Crippen LogP contribution is 2.22. The van der Waals surface area contributed by atoms with Gasteiger partial charge in [-0.1, -0.05) is 6.07 Å². The number of anilines is 2. The maximum Gasteiger partial charge on any atom is 0.261 e. The predicted molar refractivity (Wildman–Crippen MR) is 77.5 cm³/mol. The minimum absolute atomic E-state index is 0.0856. The fourth-order valence-electron chi connectivity index (χ4n) is 1.71. The van der Waals surface area contributed by atoms with Crippen LogP contribution in [0.4, 0.5) is 15.8 Å². The van der Waals surface area contributed by atoms with Crippen LogP contribution in [0.5, 0.6) is 0 Å². The zero-order valence-electron chi connectivity index (χ0n) is 11.1. The Morgan fingerprint density at radius 3 is 2.40 bits per heavy atom. The van der Waals surface area contributed by atoms with E-state index >= 15 is 0 Å². The van der Waals surface area contributed by atoms with Crippen LogP contribution in [0.3, 0.4) is 0 Å². The summed E-state index contributed by atoms with van der Waals surface area (Å²) < 4.78 is 40.2. The Hall–Kier alpha value is -2.08. The van der Waals surface area contributed by atoms with Crippen molar-refractivity contribution >= 4 is 21.4 Å². The van der Waals surface area contributed by atoms with Crippen molar-refractivity contribution in [3.05, 3.63) is 53.3 Å². The molecule has 0 aliphatic rings. The van der Waals surface area contributed by atoms with Gasteiger partial charge in [0.05, 0.1) is 10.6 Å². The molecule has 0 bridgehead atoms. The standard InChI is InChI=1S/C14H15FN2O2S/c1-9-3-5-12(7-10(9)2)20(18,19)17-14-8-11(16)4-6-13(14)15/h3-8,17H,16H2,1-2H3. The highest BCUT2D eigenvalue weighted by atomic mass is 32.2. The van der Waals surface area contributed by atoms with Gasteiger partial charge in [0.25, 0.3) is 10.0 Å². The third kappa shape index (κ3) is 2.91. The summed E-state index contributed by atoms with van der Waals surface area (Å²) in [6, 6.07) is 8.46. The molecule has 2 aromatic carbocycles. The number of nitrogens with one attached hydrogen (secondary N) is 1. The van der Waals surface area contributed by atoms with Crippen molar-refractivity contribution in [3.63, 3.8) is 0 Å². The SMILES string of the molecule is Cc1ccc(S(=O)(=O)Nc2cc(N)ccc2F)cc1C. The third-order valence-corrected chi connectivity index (χ3v) is 4.39. The second kappa shape index (κ2) is 5.13. The zero-order valence-corrected chi connectivity index (χ0v) is 12.0. The molecule has 20 heavy (non-hydrogen) atoms. The maximum atomic E-state index is 13.6. The van der Waals surface area contributed by atoms with Crippen LogP contribution in [0.1, 0.15) is 11.1 Å². The number of aryl methyl sites for hydroxylation is 2. The summed E-state index contributed by atoms with van der Waals surface area (Å²) in [5.74, 6) is -0.674. The van der Waals surface area contributed by atoms with Gasteiger partial charge in [0, 0.05) is 5.69 Å². The molecule has 0 amide bonds. The fraction of sp³-hybridized carbons (Fsp3) is 0.143. The molecule has 0 aliphatic heterocycles. The van der Waals surface area contributed by atoms with Crippen molar-refractivity contribution in [3.8, 4) is 0 Å². The van der Waals surface area contributed by atoms with Gasteiger partial charge in [-0.3, -0.25) is 4.72 Å². The molecule has 4 nitrogen and oxygen atoms in total. The number of hydrogen-bond donors (Lipinski definition) is 2. The second-order valence-corrected chi connectivity index (χ2v) is 6.27. The maximum absolute atomic E-state index is 13.6. The van der Waals surface area contributed by atoms with Crippen LogP contribution in [0.2, 0.25) is 0 Å². The van der Waals surface area contributed by atoms with Crippen LogP contribution in [-0.4, -0.2) is 8.42 Å². The molecule has 0 fully saturated rings. The van der Waals surface area contributed by atoms with Gasteiger partial charge in [-0.25, -0.2) is 12.8 Å². The number of benzene rings is 2. The number of hydrogen-bond acceptors (Lipinski definition) is 3. The molecule has 2 aromatic rings. The molecule has 0 saturated heterocycles. The van der Waals surface area contributed by atoms with E-state index in [-0.39, 0.29) is 16.3 Å². The van der Waals surface area contributed by atoms with Gasteiger partial charge < -0.3 is 5.73 Å².